The van der Waals surface area contributed by atoms with Crippen LogP contribution in [0.2, 0.25) is 0 Å². The molecule has 3 nitrogen and oxygen atoms in total. The molecule has 0 radical (unpaired) electrons. The van der Waals surface area contributed by atoms with Crippen LogP contribution in [0, 0.1) is 0 Å². The molecule has 1 amide bonds. The maximum atomic E-state index is 11.3. The molecule has 1 saturated heterocycles. The Hall–Kier alpha value is -1.77. The van der Waals surface area contributed by atoms with E-state index in [9.17, 15) is 4.79 Å². The highest BCUT2D eigenvalue weighted by Crippen LogP contribution is 2.30. The number of carbonyl (C=O) groups is 1. The number of hydrogen-bond donors (Lipinski definition) is 1. The third kappa shape index (κ3) is 1.32. The Morgan fingerprint density at radius 1 is 1.38 bits per heavy atom. The number of nitrogens with one attached hydrogen (secondary N) is 1. The molecular weight excluding hydrogens is 200 g/mol. The van der Waals surface area contributed by atoms with Crippen molar-refractivity contribution in [3.8, 4) is 0 Å². The van der Waals surface area contributed by atoms with Gasteiger partial charge in [0, 0.05) is 32.1 Å². The summed E-state index contributed by atoms with van der Waals surface area (Å²) < 4.78 is 2.13. The van der Waals surface area contributed by atoms with E-state index in [1.54, 1.807) is 0 Å². The van der Waals surface area contributed by atoms with Crippen LogP contribution in [0.3, 0.4) is 0 Å². The first-order valence-electron chi connectivity index (χ1n) is 5.56. The van der Waals surface area contributed by atoms with Crippen molar-refractivity contribution in [2.24, 2.45) is 7.05 Å². The van der Waals surface area contributed by atoms with E-state index in [0.29, 0.717) is 12.3 Å². The monoisotopic (exact) mass is 214 g/mol. The molecule has 1 aromatic carbocycles. The van der Waals surface area contributed by atoms with Gasteiger partial charge in [-0.1, -0.05) is 18.2 Å². The summed E-state index contributed by atoms with van der Waals surface area (Å²) in [4.78, 5) is 11.3. The van der Waals surface area contributed by atoms with E-state index >= 15 is 0 Å². The Kier molecular flexibility index (Phi) is 1.99. The van der Waals surface area contributed by atoms with Gasteiger partial charge in [-0.25, -0.2) is 0 Å². The predicted octanol–water partition coefficient (Wildman–Crippen LogP) is 1.78. The van der Waals surface area contributed by atoms with Crippen molar-refractivity contribution in [2.75, 3.05) is 6.54 Å². The number of benzene rings is 1. The molecule has 16 heavy (non-hydrogen) atoms. The quantitative estimate of drug-likeness (QED) is 0.771. The van der Waals surface area contributed by atoms with Gasteiger partial charge < -0.3 is 9.88 Å². The van der Waals surface area contributed by atoms with Gasteiger partial charge in [0.05, 0.1) is 5.52 Å². The second-order valence-electron chi connectivity index (χ2n) is 4.42. The second-order valence-corrected chi connectivity index (χ2v) is 4.42. The summed E-state index contributed by atoms with van der Waals surface area (Å²) in [6, 6.07) is 8.43. The summed E-state index contributed by atoms with van der Waals surface area (Å²) >= 11 is 0. The molecule has 82 valence electrons. The molecule has 0 bridgehead atoms. The number of rotatable bonds is 1. The van der Waals surface area contributed by atoms with Crippen LogP contribution in [0.1, 0.15) is 17.9 Å². The van der Waals surface area contributed by atoms with E-state index < -0.39 is 0 Å². The van der Waals surface area contributed by atoms with Gasteiger partial charge in [0.2, 0.25) is 5.91 Å². The number of aromatic nitrogens is 1. The van der Waals surface area contributed by atoms with Gasteiger partial charge in [-0.05, 0) is 17.0 Å². The first kappa shape index (κ1) is 9.46. The largest absolute Gasteiger partial charge is 0.355 e. The highest BCUT2D eigenvalue weighted by Gasteiger charge is 2.24. The molecule has 1 aliphatic rings. The summed E-state index contributed by atoms with van der Waals surface area (Å²) in [7, 11) is 2.05. The molecule has 1 aromatic heterocycles. The lowest BCUT2D eigenvalue weighted by atomic mass is 9.96. The molecule has 2 aromatic rings. The minimum absolute atomic E-state index is 0.163. The molecule has 1 unspecified atom stereocenters. The first-order valence-corrected chi connectivity index (χ1v) is 5.56. The summed E-state index contributed by atoms with van der Waals surface area (Å²) in [5.74, 6) is 0.487. The number of aryl methyl sites for hydroxylation is 1. The molecule has 1 N–H and O–H groups in total. The summed E-state index contributed by atoms with van der Waals surface area (Å²) in [5, 5.41) is 4.15. The highest BCUT2D eigenvalue weighted by molar-refractivity contribution is 5.86. The number of carbonyl (C=O) groups excluding carboxylic acids is 1. The Labute approximate surface area is 94.1 Å². The molecule has 0 saturated carbocycles. The third-order valence-corrected chi connectivity index (χ3v) is 3.35. The van der Waals surface area contributed by atoms with Crippen LogP contribution < -0.4 is 5.32 Å². The lowest BCUT2D eigenvalue weighted by Gasteiger charge is -2.11. The fraction of sp³-hybridized carbons (Fsp3) is 0.308. The van der Waals surface area contributed by atoms with E-state index in [-0.39, 0.29) is 5.91 Å². The minimum Gasteiger partial charge on any atom is -0.355 e. The van der Waals surface area contributed by atoms with Crippen molar-refractivity contribution >= 4 is 16.8 Å². The molecule has 1 aliphatic heterocycles. The van der Waals surface area contributed by atoms with Crippen LogP contribution in [0.4, 0.5) is 0 Å². The standard InChI is InChI=1S/C13H14N2O/c1-15-6-5-9-3-2-4-11(13(9)15)10-7-12(16)14-8-10/h2-6,10H,7-8H2,1H3,(H,14,16). The number of fused-ring (bicyclic) bond motifs is 1. The maximum Gasteiger partial charge on any atom is 0.220 e. The average Bonchev–Trinajstić information content (AvgIpc) is 2.86. The molecule has 3 rings (SSSR count). The Morgan fingerprint density at radius 2 is 2.25 bits per heavy atom. The van der Waals surface area contributed by atoms with Crippen LogP contribution >= 0.6 is 0 Å². The molecule has 0 aliphatic carbocycles. The predicted molar refractivity (Wildman–Crippen MR) is 63.3 cm³/mol. The molecule has 0 spiro atoms. The van der Waals surface area contributed by atoms with Gasteiger partial charge >= 0.3 is 0 Å². The van der Waals surface area contributed by atoms with Crippen LogP contribution in [0.5, 0.6) is 0 Å². The number of amides is 1. The maximum absolute atomic E-state index is 11.3. The number of nitrogens with zero attached hydrogens (tertiary/aromatic N) is 1. The van der Waals surface area contributed by atoms with E-state index in [1.165, 1.54) is 16.5 Å². The summed E-state index contributed by atoms with van der Waals surface area (Å²) in [6.45, 7) is 0.767. The van der Waals surface area contributed by atoms with Gasteiger partial charge in [-0.15, -0.1) is 0 Å². The second kappa shape index (κ2) is 3.37. The molecule has 2 heterocycles. The minimum atomic E-state index is 0.163. The zero-order valence-electron chi connectivity index (χ0n) is 9.23. The van der Waals surface area contributed by atoms with E-state index in [4.69, 9.17) is 0 Å². The van der Waals surface area contributed by atoms with Crippen molar-refractivity contribution < 1.29 is 4.79 Å². The zero-order chi connectivity index (χ0) is 11.1. The molecule has 1 fully saturated rings. The zero-order valence-corrected chi connectivity index (χ0v) is 9.23. The van der Waals surface area contributed by atoms with Crippen LogP contribution in [0.15, 0.2) is 30.5 Å². The van der Waals surface area contributed by atoms with Gasteiger partial charge in [-0.2, -0.15) is 0 Å². The van der Waals surface area contributed by atoms with Gasteiger partial charge in [0.15, 0.2) is 0 Å². The molecule has 1 atom stereocenters. The summed E-state index contributed by atoms with van der Waals surface area (Å²) in [5.41, 5.74) is 2.53. The fourth-order valence-corrected chi connectivity index (χ4v) is 2.54. The van der Waals surface area contributed by atoms with Crippen molar-refractivity contribution in [1.29, 1.82) is 0 Å². The normalized spacial score (nSPS) is 20.3. The van der Waals surface area contributed by atoms with Crippen LogP contribution in [0.25, 0.3) is 10.9 Å². The fourth-order valence-electron chi connectivity index (χ4n) is 2.54. The highest BCUT2D eigenvalue weighted by atomic mass is 16.1. The van der Waals surface area contributed by atoms with Crippen molar-refractivity contribution in [2.45, 2.75) is 12.3 Å². The topological polar surface area (TPSA) is 34.0 Å². The van der Waals surface area contributed by atoms with Crippen molar-refractivity contribution in [3.05, 3.63) is 36.0 Å². The van der Waals surface area contributed by atoms with Crippen molar-refractivity contribution in [3.63, 3.8) is 0 Å². The number of para-hydroxylation sites is 1. The van der Waals surface area contributed by atoms with Crippen LogP contribution in [-0.2, 0) is 11.8 Å². The Balaban J connectivity index is 2.15. The van der Waals surface area contributed by atoms with E-state index in [1.807, 2.05) is 0 Å². The SMILES string of the molecule is Cn1ccc2cccc(C3CNC(=O)C3)c21. The molecular formula is C13H14N2O. The lowest BCUT2D eigenvalue weighted by molar-refractivity contribution is -0.119. The first-order chi connectivity index (χ1) is 7.75. The van der Waals surface area contributed by atoms with Gasteiger partial charge in [-0.3, -0.25) is 4.79 Å². The van der Waals surface area contributed by atoms with Crippen molar-refractivity contribution in [1.82, 2.24) is 9.88 Å². The Morgan fingerprint density at radius 3 is 3.00 bits per heavy atom. The molecule has 3 heteroatoms. The average molecular weight is 214 g/mol. The van der Waals surface area contributed by atoms with Crippen LogP contribution in [-0.4, -0.2) is 17.0 Å². The third-order valence-electron chi connectivity index (χ3n) is 3.35. The van der Waals surface area contributed by atoms with E-state index in [0.717, 1.165) is 6.54 Å². The summed E-state index contributed by atoms with van der Waals surface area (Å²) in [6.07, 6.45) is 2.68. The Bertz CT molecular complexity index is 556. The van der Waals surface area contributed by atoms with Gasteiger partial charge in [0.1, 0.15) is 0 Å². The lowest BCUT2D eigenvalue weighted by Crippen LogP contribution is -2.13. The van der Waals surface area contributed by atoms with E-state index in [2.05, 4.69) is 47.4 Å². The smallest absolute Gasteiger partial charge is 0.220 e. The number of hydrogen-bond acceptors (Lipinski definition) is 1. The van der Waals surface area contributed by atoms with Gasteiger partial charge in [0.25, 0.3) is 0 Å².